The van der Waals surface area contributed by atoms with Crippen LogP contribution in [0.2, 0.25) is 0 Å². The number of pyridine rings is 1. The summed E-state index contributed by atoms with van der Waals surface area (Å²) >= 11 is 0. The van der Waals surface area contributed by atoms with Crippen LogP contribution in [0.25, 0.3) is 11.2 Å². The first-order valence-corrected chi connectivity index (χ1v) is 15.9. The molecule has 0 aromatic carbocycles. The molecule has 0 bridgehead atoms. The number of hydrogen-bond donors (Lipinski definition) is 5. The highest BCUT2D eigenvalue weighted by Crippen LogP contribution is 2.61. The third-order valence-corrected chi connectivity index (χ3v) is 9.85. The largest absolute Gasteiger partial charge is 0.481 e. The molecule has 228 valence electrons. The van der Waals surface area contributed by atoms with Gasteiger partial charge in [0.25, 0.3) is 0 Å². The van der Waals surface area contributed by atoms with E-state index in [0.717, 1.165) is 6.42 Å². The van der Waals surface area contributed by atoms with Crippen LogP contribution < -0.4 is 10.3 Å². The van der Waals surface area contributed by atoms with E-state index in [0.29, 0.717) is 18.4 Å². The van der Waals surface area contributed by atoms with Gasteiger partial charge in [0.1, 0.15) is 30.2 Å². The minimum atomic E-state index is -5.18. The Morgan fingerprint density at radius 1 is 1.14 bits per heavy atom. The molecule has 4 heterocycles. The van der Waals surface area contributed by atoms with Crippen LogP contribution in [0.5, 0.6) is 0 Å². The van der Waals surface area contributed by atoms with Crippen molar-refractivity contribution in [3.63, 3.8) is 0 Å². The van der Waals surface area contributed by atoms with Gasteiger partial charge >= 0.3 is 15.6 Å². The summed E-state index contributed by atoms with van der Waals surface area (Å²) in [5.74, 6) is -0.118. The van der Waals surface area contributed by atoms with Gasteiger partial charge in [0.15, 0.2) is 41.9 Å². The Morgan fingerprint density at radius 2 is 1.88 bits per heavy atom. The van der Waals surface area contributed by atoms with Crippen molar-refractivity contribution in [2.45, 2.75) is 56.8 Å². The lowest BCUT2D eigenvalue weighted by Crippen LogP contribution is -2.38. The Balaban J connectivity index is 1.12. The zero-order valence-corrected chi connectivity index (χ0v) is 24.1. The zero-order chi connectivity index (χ0) is 30.2. The molecule has 6 N–H and O–H groups in total. The van der Waals surface area contributed by atoms with Crippen molar-refractivity contribution >= 4 is 38.4 Å². The first-order chi connectivity index (χ1) is 19.8. The van der Waals surface area contributed by atoms with Gasteiger partial charge in [0.2, 0.25) is 0 Å². The number of nitrogens with two attached hydrogens (primary N) is 1. The number of nitrogens with zero attached hydrogens (tertiary/aromatic N) is 5. The third-order valence-electron chi connectivity index (χ3n) is 7.24. The maximum absolute atomic E-state index is 12.4. The van der Waals surface area contributed by atoms with Crippen LogP contribution in [0.15, 0.2) is 37.2 Å². The minimum absolute atomic E-state index is 0.0475. The number of rotatable bonds is 11. The number of aliphatic hydroxyl groups is 2. The van der Waals surface area contributed by atoms with Gasteiger partial charge in [0.05, 0.1) is 25.1 Å². The molecule has 5 rings (SSSR count). The van der Waals surface area contributed by atoms with Crippen molar-refractivity contribution in [1.29, 1.82) is 0 Å². The number of imidazole rings is 1. The molecule has 2 fully saturated rings. The van der Waals surface area contributed by atoms with E-state index >= 15 is 0 Å². The van der Waals surface area contributed by atoms with E-state index in [-0.39, 0.29) is 41.3 Å². The molecule has 0 spiro atoms. The normalized spacial score (nSPS) is 29.0. The molecule has 3 aromatic rings. The number of phosphoric ester groups is 2. The zero-order valence-electron chi connectivity index (χ0n) is 22.3. The number of Topliss-reactive ketones (excluding diaryl/α,β-unsaturated/α-hetero) is 1. The Kier molecular flexibility index (Phi) is 8.88. The van der Waals surface area contributed by atoms with Crippen LogP contribution in [0.3, 0.4) is 0 Å². The first-order valence-electron chi connectivity index (χ1n) is 13.0. The molecular weight excluding hydrogens is 598 g/mol. The second-order valence-electron chi connectivity index (χ2n) is 10.2. The standard InChI is InChI=1S/C23H30N6O11P2/c1-13(30)15-3-2-6-28(8-15)16-5-4-14(7-16)9-37-41(33,34)40-42(35,36)38-10-17-19(31)20(32)23(39-17)29-12-27-18-21(24)25-11-26-22(18)29/h2-3,6,8,11-12,14,16-17,19-20,23,31-32H,4-5,7,9-10H2,1H3,(H3-,24,25,26,33,34,35,36)/p+1/t14?,16?,17-,19?,20?,23-/m1/s1. The number of hydrogen-bond acceptors (Lipinski definition) is 13. The Hall–Kier alpha value is -2.69. The van der Waals surface area contributed by atoms with Gasteiger partial charge in [-0.15, -0.1) is 0 Å². The highest BCUT2D eigenvalue weighted by atomic mass is 31.3. The van der Waals surface area contributed by atoms with Gasteiger partial charge in [-0.1, -0.05) is 0 Å². The Bertz CT molecular complexity index is 1560. The molecule has 42 heavy (non-hydrogen) atoms. The van der Waals surface area contributed by atoms with Gasteiger partial charge in [0, 0.05) is 18.9 Å². The SMILES string of the molecule is CC(=O)c1ccc[n+](C2CCC(COP(=O)(O)OP(=O)(O)OC[C@H]3O[C@@H](n4cnc5c(N)ncnc54)C(O)C3O)C2)c1. The Labute approximate surface area is 239 Å². The van der Waals surface area contributed by atoms with Gasteiger partial charge in [-0.25, -0.2) is 28.6 Å². The lowest BCUT2D eigenvalue weighted by atomic mass is 10.1. The number of aromatic nitrogens is 5. The van der Waals surface area contributed by atoms with Crippen molar-refractivity contribution in [3.8, 4) is 0 Å². The molecule has 6 unspecified atom stereocenters. The number of nitrogen functional groups attached to an aromatic ring is 1. The molecule has 0 radical (unpaired) electrons. The van der Waals surface area contributed by atoms with Crippen LogP contribution in [-0.2, 0) is 27.2 Å². The van der Waals surface area contributed by atoms with Crippen molar-refractivity contribution in [1.82, 2.24) is 19.5 Å². The summed E-state index contributed by atoms with van der Waals surface area (Å²) in [7, 11) is -10.2. The predicted molar refractivity (Wildman–Crippen MR) is 141 cm³/mol. The molecule has 1 saturated carbocycles. The van der Waals surface area contributed by atoms with E-state index in [1.54, 1.807) is 18.3 Å². The fraction of sp³-hybridized carbons (Fsp3) is 0.522. The summed E-state index contributed by atoms with van der Waals surface area (Å²) in [5, 5.41) is 20.9. The first kappa shape index (κ1) is 30.8. The summed E-state index contributed by atoms with van der Waals surface area (Å²) in [5.41, 5.74) is 6.79. The van der Waals surface area contributed by atoms with E-state index in [2.05, 4.69) is 19.3 Å². The smallest absolute Gasteiger partial charge is 0.387 e. The molecule has 0 amide bonds. The number of fused-ring (bicyclic) bond motifs is 1. The van der Waals surface area contributed by atoms with Crippen LogP contribution in [0, 0.1) is 5.92 Å². The number of carbonyl (C=O) groups is 1. The summed E-state index contributed by atoms with van der Waals surface area (Å²) in [6, 6.07) is 3.54. The number of phosphoric acid groups is 2. The second kappa shape index (κ2) is 12.1. The summed E-state index contributed by atoms with van der Waals surface area (Å²) in [6.07, 6.45) is 2.39. The van der Waals surface area contributed by atoms with E-state index < -0.39 is 46.8 Å². The number of carbonyl (C=O) groups excluding carboxylic acids is 1. The summed E-state index contributed by atoms with van der Waals surface area (Å²) in [4.78, 5) is 43.7. The molecule has 1 saturated heterocycles. The molecule has 2 aliphatic rings. The lowest BCUT2D eigenvalue weighted by Gasteiger charge is -2.20. The van der Waals surface area contributed by atoms with Crippen LogP contribution in [-0.4, -0.2) is 76.8 Å². The highest BCUT2D eigenvalue weighted by molar-refractivity contribution is 7.61. The fourth-order valence-electron chi connectivity index (χ4n) is 5.10. The van der Waals surface area contributed by atoms with Crippen LogP contribution in [0.1, 0.15) is 48.8 Å². The van der Waals surface area contributed by atoms with E-state index in [9.17, 15) is 33.9 Å². The average molecular weight is 629 g/mol. The van der Waals surface area contributed by atoms with Crippen molar-refractivity contribution in [2.75, 3.05) is 18.9 Å². The maximum Gasteiger partial charge on any atom is 0.481 e. The van der Waals surface area contributed by atoms with Gasteiger partial charge in [-0.05, 0) is 25.3 Å². The summed E-state index contributed by atoms with van der Waals surface area (Å²) < 4.78 is 47.9. The molecule has 17 nitrogen and oxygen atoms in total. The molecule has 3 aromatic heterocycles. The fourth-order valence-corrected chi connectivity index (χ4v) is 7.25. The monoisotopic (exact) mass is 629 g/mol. The van der Waals surface area contributed by atoms with Crippen molar-refractivity contribution < 1.29 is 56.6 Å². The van der Waals surface area contributed by atoms with Crippen LogP contribution >= 0.6 is 15.6 Å². The molecule has 1 aliphatic heterocycles. The Morgan fingerprint density at radius 3 is 2.62 bits per heavy atom. The number of anilines is 1. The number of ketones is 1. The molecule has 19 heteroatoms. The summed E-state index contributed by atoms with van der Waals surface area (Å²) in [6.45, 7) is 0.474. The number of aliphatic hydroxyl groups excluding tert-OH is 2. The van der Waals surface area contributed by atoms with Crippen LogP contribution in [0.4, 0.5) is 5.82 Å². The minimum Gasteiger partial charge on any atom is -0.387 e. The highest BCUT2D eigenvalue weighted by Gasteiger charge is 2.46. The molecule has 8 atom stereocenters. The van der Waals surface area contributed by atoms with Gasteiger partial charge in [-0.3, -0.25) is 18.4 Å². The number of ether oxygens (including phenoxy) is 1. The topological polar surface area (TPSA) is 243 Å². The molecular formula is C23H31N6O11P2+. The second-order valence-corrected chi connectivity index (χ2v) is 13.2. The molecule has 1 aliphatic carbocycles. The van der Waals surface area contributed by atoms with Crippen molar-refractivity contribution in [2.24, 2.45) is 5.92 Å². The maximum atomic E-state index is 12.4. The predicted octanol–water partition coefficient (Wildman–Crippen LogP) is 0.810. The van der Waals surface area contributed by atoms with E-state index in [4.69, 9.17) is 19.5 Å². The van der Waals surface area contributed by atoms with E-state index in [1.807, 2.05) is 10.8 Å². The average Bonchev–Trinajstić information content (AvgIpc) is 3.65. The van der Waals surface area contributed by atoms with Gasteiger partial charge in [-0.2, -0.15) is 4.31 Å². The third kappa shape index (κ3) is 6.76. The lowest BCUT2D eigenvalue weighted by molar-refractivity contribution is -0.722. The van der Waals surface area contributed by atoms with Crippen molar-refractivity contribution in [3.05, 3.63) is 42.7 Å². The quantitative estimate of drug-likeness (QED) is 0.112. The van der Waals surface area contributed by atoms with Gasteiger partial charge < -0.3 is 30.5 Å². The van der Waals surface area contributed by atoms with E-state index in [1.165, 1.54) is 24.1 Å².